The van der Waals surface area contributed by atoms with Crippen LogP contribution in [0.2, 0.25) is 0 Å². The molecule has 1 N–H and O–H groups in total. The van der Waals surface area contributed by atoms with Crippen molar-refractivity contribution in [2.45, 2.75) is 6.54 Å². The summed E-state index contributed by atoms with van der Waals surface area (Å²) in [6.07, 6.45) is 8.83. The number of rotatable bonds is 5. The van der Waals surface area contributed by atoms with Crippen molar-refractivity contribution in [1.82, 2.24) is 29.7 Å². The molecule has 0 amide bonds. The molecule has 0 unspecified atom stereocenters. The summed E-state index contributed by atoms with van der Waals surface area (Å²) in [6.45, 7) is 0.682. The van der Waals surface area contributed by atoms with Gasteiger partial charge in [0.05, 0.1) is 30.0 Å². The van der Waals surface area contributed by atoms with Crippen LogP contribution in [0.3, 0.4) is 0 Å². The van der Waals surface area contributed by atoms with Crippen LogP contribution in [0.25, 0.3) is 21.8 Å². The zero-order valence-corrected chi connectivity index (χ0v) is 16.7. The summed E-state index contributed by atoms with van der Waals surface area (Å²) in [5, 5.41) is 9.93. The average molecular weight is 396 g/mol. The maximum atomic E-state index is 4.54. The minimum absolute atomic E-state index is 0.682. The molecule has 5 aromatic rings. The molecule has 0 spiro atoms. The molecule has 8 heteroatoms. The number of nitrogens with one attached hydrogen (secondary N) is 1. The van der Waals surface area contributed by atoms with Gasteiger partial charge in [0.15, 0.2) is 0 Å². The van der Waals surface area contributed by atoms with Crippen LogP contribution in [0.4, 0.5) is 17.3 Å². The van der Waals surface area contributed by atoms with Gasteiger partial charge < -0.3 is 10.2 Å². The summed E-state index contributed by atoms with van der Waals surface area (Å²) < 4.78 is 1.98. The van der Waals surface area contributed by atoms with Gasteiger partial charge in [-0.15, -0.1) is 0 Å². The molecule has 148 valence electrons. The molecule has 8 nitrogen and oxygen atoms in total. The Balaban J connectivity index is 1.47. The van der Waals surface area contributed by atoms with E-state index in [0.29, 0.717) is 6.54 Å². The number of nitrogens with zero attached hydrogens (tertiary/aromatic N) is 7. The maximum Gasteiger partial charge on any atom is 0.141 e. The van der Waals surface area contributed by atoms with Gasteiger partial charge in [0, 0.05) is 42.9 Å². The molecule has 0 aliphatic heterocycles. The van der Waals surface area contributed by atoms with E-state index >= 15 is 0 Å². The SMILES string of the molecule is CN(C)c1cc2c(Nc3ccc4c(cnn4Cc4cccnc4)c3)ncnc2cn1. The molecule has 1 aromatic carbocycles. The fourth-order valence-corrected chi connectivity index (χ4v) is 3.38. The molecule has 0 saturated carbocycles. The van der Waals surface area contributed by atoms with Crippen LogP contribution in [0, 0.1) is 0 Å². The molecule has 0 fully saturated rings. The second-order valence-electron chi connectivity index (χ2n) is 7.24. The van der Waals surface area contributed by atoms with E-state index in [1.807, 2.05) is 60.3 Å². The van der Waals surface area contributed by atoms with Gasteiger partial charge in [0.1, 0.15) is 18.0 Å². The van der Waals surface area contributed by atoms with Crippen molar-refractivity contribution < 1.29 is 0 Å². The van der Waals surface area contributed by atoms with E-state index in [-0.39, 0.29) is 0 Å². The van der Waals surface area contributed by atoms with Crippen molar-refractivity contribution in [3.8, 4) is 0 Å². The van der Waals surface area contributed by atoms with E-state index < -0.39 is 0 Å². The lowest BCUT2D eigenvalue weighted by Crippen LogP contribution is -2.10. The van der Waals surface area contributed by atoms with Gasteiger partial charge in [-0.05, 0) is 35.9 Å². The molecule has 4 heterocycles. The molecule has 0 radical (unpaired) electrons. The Labute approximate surface area is 173 Å². The van der Waals surface area contributed by atoms with Crippen molar-refractivity contribution in [3.05, 3.63) is 73.1 Å². The molecule has 4 aromatic heterocycles. The summed E-state index contributed by atoms with van der Waals surface area (Å²) in [5.74, 6) is 1.60. The van der Waals surface area contributed by atoms with Crippen LogP contribution >= 0.6 is 0 Å². The van der Waals surface area contributed by atoms with Crippen LogP contribution in [0.15, 0.2) is 67.5 Å². The third kappa shape index (κ3) is 3.39. The van der Waals surface area contributed by atoms with Crippen LogP contribution in [0.5, 0.6) is 0 Å². The fourth-order valence-electron chi connectivity index (χ4n) is 3.38. The van der Waals surface area contributed by atoms with E-state index in [2.05, 4.69) is 42.5 Å². The van der Waals surface area contributed by atoms with E-state index in [9.17, 15) is 0 Å². The van der Waals surface area contributed by atoms with Gasteiger partial charge in [-0.2, -0.15) is 5.10 Å². The first-order valence-electron chi connectivity index (χ1n) is 9.57. The lowest BCUT2D eigenvalue weighted by atomic mass is 10.2. The molecule has 0 saturated heterocycles. The summed E-state index contributed by atoms with van der Waals surface area (Å²) >= 11 is 0. The Bertz CT molecular complexity index is 1330. The smallest absolute Gasteiger partial charge is 0.141 e. The lowest BCUT2D eigenvalue weighted by molar-refractivity contribution is 0.710. The van der Waals surface area contributed by atoms with E-state index in [1.165, 1.54) is 0 Å². The second kappa shape index (κ2) is 7.40. The van der Waals surface area contributed by atoms with Gasteiger partial charge >= 0.3 is 0 Å². The topological polar surface area (TPSA) is 84.7 Å². The van der Waals surface area contributed by atoms with Gasteiger partial charge in [-0.1, -0.05) is 6.07 Å². The monoisotopic (exact) mass is 396 g/mol. The Kier molecular flexibility index (Phi) is 4.44. The van der Waals surface area contributed by atoms with Crippen LogP contribution in [0.1, 0.15) is 5.56 Å². The maximum absolute atomic E-state index is 4.54. The van der Waals surface area contributed by atoms with Crippen LogP contribution in [-0.2, 0) is 6.54 Å². The number of pyridine rings is 2. The predicted octanol–water partition coefficient (Wildman–Crippen LogP) is 3.63. The van der Waals surface area contributed by atoms with Crippen LogP contribution < -0.4 is 10.2 Å². The molecule has 5 rings (SSSR count). The minimum atomic E-state index is 0.682. The minimum Gasteiger partial charge on any atom is -0.363 e. The normalized spacial score (nSPS) is 11.1. The fraction of sp³-hybridized carbons (Fsp3) is 0.136. The summed E-state index contributed by atoms with van der Waals surface area (Å²) in [7, 11) is 3.92. The van der Waals surface area contributed by atoms with E-state index in [1.54, 1.807) is 18.7 Å². The number of hydrogen-bond acceptors (Lipinski definition) is 7. The molecule has 0 aliphatic rings. The quantitative estimate of drug-likeness (QED) is 0.486. The van der Waals surface area contributed by atoms with Crippen molar-refractivity contribution in [2.24, 2.45) is 0 Å². The third-order valence-corrected chi connectivity index (χ3v) is 4.93. The number of hydrogen-bond donors (Lipinski definition) is 1. The summed E-state index contributed by atoms with van der Waals surface area (Å²) in [6, 6.07) is 12.1. The Morgan fingerprint density at radius 1 is 1.00 bits per heavy atom. The van der Waals surface area contributed by atoms with Gasteiger partial charge in [0.2, 0.25) is 0 Å². The van der Waals surface area contributed by atoms with Crippen molar-refractivity contribution in [3.63, 3.8) is 0 Å². The Morgan fingerprint density at radius 2 is 1.93 bits per heavy atom. The lowest BCUT2D eigenvalue weighted by Gasteiger charge is -2.13. The average Bonchev–Trinajstić information content (AvgIpc) is 3.16. The van der Waals surface area contributed by atoms with Crippen molar-refractivity contribution in [2.75, 3.05) is 24.3 Å². The zero-order chi connectivity index (χ0) is 20.5. The molecule has 0 aliphatic carbocycles. The Hall–Kier alpha value is -4.07. The first-order valence-corrected chi connectivity index (χ1v) is 9.57. The molecular formula is C22H20N8. The predicted molar refractivity (Wildman–Crippen MR) is 118 cm³/mol. The molecule has 0 bridgehead atoms. The number of benzene rings is 1. The molecule has 0 atom stereocenters. The van der Waals surface area contributed by atoms with Gasteiger partial charge in [-0.3, -0.25) is 9.67 Å². The summed E-state index contributed by atoms with van der Waals surface area (Å²) in [5.41, 5.74) is 3.91. The van der Waals surface area contributed by atoms with Crippen molar-refractivity contribution >= 4 is 39.1 Å². The van der Waals surface area contributed by atoms with E-state index in [4.69, 9.17) is 0 Å². The second-order valence-corrected chi connectivity index (χ2v) is 7.24. The molecular weight excluding hydrogens is 376 g/mol. The number of aromatic nitrogens is 6. The number of anilines is 3. The number of fused-ring (bicyclic) bond motifs is 2. The highest BCUT2D eigenvalue weighted by atomic mass is 15.3. The first-order chi connectivity index (χ1) is 14.7. The molecule has 30 heavy (non-hydrogen) atoms. The highest BCUT2D eigenvalue weighted by Crippen LogP contribution is 2.27. The summed E-state index contributed by atoms with van der Waals surface area (Å²) in [4.78, 5) is 19.3. The highest BCUT2D eigenvalue weighted by Gasteiger charge is 2.09. The van der Waals surface area contributed by atoms with Crippen LogP contribution in [-0.4, -0.2) is 43.8 Å². The standard InChI is InChI=1S/C22H20N8/c1-29(2)21-9-18-19(12-24-21)25-14-26-22(18)28-17-5-6-20-16(8-17)11-27-30(20)13-15-4-3-7-23-10-15/h3-12,14H,13H2,1-2H3,(H,25,26,28). The zero-order valence-electron chi connectivity index (χ0n) is 16.7. The Morgan fingerprint density at radius 3 is 2.77 bits per heavy atom. The highest BCUT2D eigenvalue weighted by molar-refractivity contribution is 5.93. The van der Waals surface area contributed by atoms with E-state index in [0.717, 1.165) is 44.7 Å². The van der Waals surface area contributed by atoms with Crippen molar-refractivity contribution in [1.29, 1.82) is 0 Å². The third-order valence-electron chi connectivity index (χ3n) is 4.93. The largest absolute Gasteiger partial charge is 0.363 e. The van der Waals surface area contributed by atoms with Gasteiger partial charge in [-0.25, -0.2) is 15.0 Å². The van der Waals surface area contributed by atoms with Gasteiger partial charge in [0.25, 0.3) is 0 Å². The first kappa shape index (κ1) is 18.0.